The minimum atomic E-state index is -0.278. The van der Waals surface area contributed by atoms with Crippen LogP contribution in [-0.2, 0) is 0 Å². The van der Waals surface area contributed by atoms with E-state index in [4.69, 9.17) is 21.7 Å². The summed E-state index contributed by atoms with van der Waals surface area (Å²) in [5.74, 6) is 1.66. The molecule has 1 atom stereocenters. The quantitative estimate of drug-likeness (QED) is 0.609. The van der Waals surface area contributed by atoms with Crippen molar-refractivity contribution in [2.24, 2.45) is 5.92 Å². The zero-order valence-electron chi connectivity index (χ0n) is 16.8. The van der Waals surface area contributed by atoms with E-state index in [2.05, 4.69) is 31.4 Å². The first-order valence-electron chi connectivity index (χ1n) is 9.49. The van der Waals surface area contributed by atoms with Crippen molar-refractivity contribution >= 4 is 28.9 Å². The fourth-order valence-corrected chi connectivity index (χ4v) is 2.48. The molecule has 2 N–H and O–H groups in total. The molecule has 150 valence electrons. The third kappa shape index (κ3) is 7.19. The topological polar surface area (TPSA) is 59.6 Å². The Labute approximate surface area is 172 Å². The predicted molar refractivity (Wildman–Crippen MR) is 117 cm³/mol. The van der Waals surface area contributed by atoms with Gasteiger partial charge in [0.15, 0.2) is 5.11 Å². The van der Waals surface area contributed by atoms with Gasteiger partial charge in [0.2, 0.25) is 0 Å². The maximum atomic E-state index is 12.4. The molecule has 0 saturated carbocycles. The largest absolute Gasteiger partial charge is 0.493 e. The number of thiocarbonyl (C=S) groups is 1. The van der Waals surface area contributed by atoms with Crippen LogP contribution in [0, 0.1) is 5.92 Å². The van der Waals surface area contributed by atoms with Gasteiger partial charge in [-0.25, -0.2) is 0 Å². The van der Waals surface area contributed by atoms with Gasteiger partial charge in [-0.15, -0.1) is 0 Å². The Hall–Kier alpha value is -2.60. The normalized spacial score (nSPS) is 11.6. The van der Waals surface area contributed by atoms with Crippen molar-refractivity contribution in [3.05, 3.63) is 54.1 Å². The van der Waals surface area contributed by atoms with Gasteiger partial charge in [0, 0.05) is 17.3 Å². The Bertz CT molecular complexity index is 791. The summed E-state index contributed by atoms with van der Waals surface area (Å²) in [4.78, 5) is 12.4. The van der Waals surface area contributed by atoms with Crippen molar-refractivity contribution in [2.75, 3.05) is 11.9 Å². The highest BCUT2D eigenvalue weighted by atomic mass is 32.1. The van der Waals surface area contributed by atoms with E-state index in [0.717, 1.165) is 23.6 Å². The third-order valence-electron chi connectivity index (χ3n) is 3.93. The Morgan fingerprint density at radius 2 is 1.79 bits per heavy atom. The van der Waals surface area contributed by atoms with Gasteiger partial charge in [0.1, 0.15) is 11.5 Å². The molecule has 28 heavy (non-hydrogen) atoms. The van der Waals surface area contributed by atoms with E-state index in [1.807, 2.05) is 31.2 Å². The lowest BCUT2D eigenvalue weighted by atomic mass is 10.2. The van der Waals surface area contributed by atoms with E-state index in [1.54, 1.807) is 24.3 Å². The first-order chi connectivity index (χ1) is 13.4. The summed E-state index contributed by atoms with van der Waals surface area (Å²) in [6, 6.07) is 14.5. The summed E-state index contributed by atoms with van der Waals surface area (Å²) in [6.07, 6.45) is 1.06. The molecule has 2 aromatic rings. The van der Waals surface area contributed by atoms with Crippen LogP contribution in [0.25, 0.3) is 0 Å². The Morgan fingerprint density at radius 3 is 2.43 bits per heavy atom. The predicted octanol–water partition coefficient (Wildman–Crippen LogP) is 5.03. The number of hydrogen-bond donors (Lipinski definition) is 2. The minimum absolute atomic E-state index is 0.136. The average molecular weight is 401 g/mol. The van der Waals surface area contributed by atoms with Crippen molar-refractivity contribution in [1.29, 1.82) is 0 Å². The fourth-order valence-electron chi connectivity index (χ4n) is 2.26. The molecule has 0 aliphatic carbocycles. The number of amides is 1. The Kier molecular flexibility index (Phi) is 8.26. The lowest BCUT2D eigenvalue weighted by Crippen LogP contribution is -2.34. The molecule has 1 amide bonds. The van der Waals surface area contributed by atoms with Gasteiger partial charge < -0.3 is 14.8 Å². The molecule has 1 unspecified atom stereocenters. The third-order valence-corrected chi connectivity index (χ3v) is 4.14. The standard InChI is InChI=1S/C22H28N2O3S/c1-5-16(4)27-19-11-9-17(10-12-19)21(25)24-22(28)23-18-7-6-8-20(13-18)26-14-15(2)3/h6-13,15-16H,5,14H2,1-4H3,(H2,23,24,25,28). The highest BCUT2D eigenvalue weighted by Crippen LogP contribution is 2.18. The SMILES string of the molecule is CCC(C)Oc1ccc(C(=O)NC(=S)Nc2cccc(OCC(C)C)c2)cc1. The van der Waals surface area contributed by atoms with Crippen LogP contribution >= 0.6 is 12.2 Å². The lowest BCUT2D eigenvalue weighted by molar-refractivity contribution is 0.0977. The number of rotatable bonds is 8. The second-order valence-electron chi connectivity index (χ2n) is 7.00. The van der Waals surface area contributed by atoms with Crippen LogP contribution in [-0.4, -0.2) is 23.7 Å². The Balaban J connectivity index is 1.90. The number of carbonyl (C=O) groups is 1. The highest BCUT2D eigenvalue weighted by Gasteiger charge is 2.09. The number of nitrogens with one attached hydrogen (secondary N) is 2. The molecular weight excluding hydrogens is 372 g/mol. The van der Waals surface area contributed by atoms with E-state index in [0.29, 0.717) is 18.1 Å². The second kappa shape index (κ2) is 10.7. The Morgan fingerprint density at radius 1 is 1.07 bits per heavy atom. The highest BCUT2D eigenvalue weighted by molar-refractivity contribution is 7.80. The van der Waals surface area contributed by atoms with Crippen molar-refractivity contribution in [2.45, 2.75) is 40.2 Å². The molecule has 2 rings (SSSR count). The number of anilines is 1. The molecule has 0 radical (unpaired) electrons. The van der Waals surface area contributed by atoms with Gasteiger partial charge in [-0.1, -0.05) is 26.8 Å². The molecule has 0 aliphatic rings. The summed E-state index contributed by atoms with van der Waals surface area (Å²) < 4.78 is 11.4. The van der Waals surface area contributed by atoms with Crippen LogP contribution in [0.5, 0.6) is 11.5 Å². The molecular formula is C22H28N2O3S. The summed E-state index contributed by atoms with van der Waals surface area (Å²) in [7, 11) is 0. The van der Waals surface area contributed by atoms with Crippen molar-refractivity contribution in [3.63, 3.8) is 0 Å². The molecule has 6 heteroatoms. The minimum Gasteiger partial charge on any atom is -0.493 e. The second-order valence-corrected chi connectivity index (χ2v) is 7.41. The number of ether oxygens (including phenoxy) is 2. The van der Waals surface area contributed by atoms with Gasteiger partial charge in [-0.2, -0.15) is 0 Å². The van der Waals surface area contributed by atoms with Gasteiger partial charge in [-0.3, -0.25) is 10.1 Å². The van der Waals surface area contributed by atoms with E-state index in [1.165, 1.54) is 0 Å². The summed E-state index contributed by atoms with van der Waals surface area (Å²) >= 11 is 5.25. The van der Waals surface area contributed by atoms with E-state index in [9.17, 15) is 4.79 Å². The lowest BCUT2D eigenvalue weighted by Gasteiger charge is -2.13. The van der Waals surface area contributed by atoms with E-state index >= 15 is 0 Å². The molecule has 0 heterocycles. The van der Waals surface area contributed by atoms with Crippen LogP contribution in [0.3, 0.4) is 0 Å². The zero-order chi connectivity index (χ0) is 20.5. The van der Waals surface area contributed by atoms with Crippen LogP contribution < -0.4 is 20.1 Å². The molecule has 0 fully saturated rings. The molecule has 0 aliphatic heterocycles. The maximum Gasteiger partial charge on any atom is 0.257 e. The van der Waals surface area contributed by atoms with Crippen LogP contribution in [0.1, 0.15) is 44.5 Å². The summed E-state index contributed by atoms with van der Waals surface area (Å²) in [5, 5.41) is 5.92. The van der Waals surface area contributed by atoms with Gasteiger partial charge in [-0.05, 0) is 67.9 Å². The molecule has 0 spiro atoms. The van der Waals surface area contributed by atoms with Gasteiger partial charge in [0.05, 0.1) is 12.7 Å². The van der Waals surface area contributed by atoms with Crippen molar-refractivity contribution in [3.8, 4) is 11.5 Å². The van der Waals surface area contributed by atoms with Crippen molar-refractivity contribution in [1.82, 2.24) is 5.32 Å². The summed E-state index contributed by atoms with van der Waals surface area (Å²) in [5.41, 5.74) is 1.26. The van der Waals surface area contributed by atoms with Crippen LogP contribution in [0.4, 0.5) is 5.69 Å². The smallest absolute Gasteiger partial charge is 0.257 e. The number of hydrogen-bond acceptors (Lipinski definition) is 4. The number of carbonyl (C=O) groups excluding carboxylic acids is 1. The average Bonchev–Trinajstić information content (AvgIpc) is 2.67. The monoisotopic (exact) mass is 400 g/mol. The number of benzene rings is 2. The van der Waals surface area contributed by atoms with Gasteiger partial charge >= 0.3 is 0 Å². The van der Waals surface area contributed by atoms with E-state index in [-0.39, 0.29) is 17.1 Å². The molecule has 2 aromatic carbocycles. The molecule has 5 nitrogen and oxygen atoms in total. The summed E-state index contributed by atoms with van der Waals surface area (Å²) in [6.45, 7) is 8.90. The molecule has 0 saturated heterocycles. The first-order valence-corrected chi connectivity index (χ1v) is 9.90. The zero-order valence-corrected chi connectivity index (χ0v) is 17.6. The van der Waals surface area contributed by atoms with E-state index < -0.39 is 0 Å². The first kappa shape index (κ1) is 21.7. The van der Waals surface area contributed by atoms with Gasteiger partial charge in [0.25, 0.3) is 5.91 Å². The molecule has 0 aromatic heterocycles. The maximum absolute atomic E-state index is 12.4. The fraction of sp³-hybridized carbons (Fsp3) is 0.364. The molecule has 0 bridgehead atoms. The van der Waals surface area contributed by atoms with Crippen LogP contribution in [0.2, 0.25) is 0 Å². The van der Waals surface area contributed by atoms with Crippen LogP contribution in [0.15, 0.2) is 48.5 Å². The van der Waals surface area contributed by atoms with Crippen molar-refractivity contribution < 1.29 is 14.3 Å².